The second-order valence-electron chi connectivity index (χ2n) is 7.13. The topological polar surface area (TPSA) is 90.9 Å². The van der Waals surface area contributed by atoms with Crippen molar-refractivity contribution in [3.8, 4) is 17.4 Å². The van der Waals surface area contributed by atoms with Crippen molar-refractivity contribution in [2.24, 2.45) is 0 Å². The summed E-state index contributed by atoms with van der Waals surface area (Å²) in [5.74, 6) is 2.50. The van der Waals surface area contributed by atoms with E-state index in [1.807, 2.05) is 84.4 Å². The van der Waals surface area contributed by atoms with Crippen LogP contribution in [0.3, 0.4) is 0 Å². The largest absolute Gasteiger partial charge is 0.439 e. The molecule has 0 spiro atoms. The number of aromatic nitrogens is 4. The van der Waals surface area contributed by atoms with Crippen LogP contribution in [0.2, 0.25) is 0 Å². The van der Waals surface area contributed by atoms with E-state index in [9.17, 15) is 0 Å². The molecule has 3 N–H and O–H groups in total. The number of rotatable bonds is 5. The molecule has 0 aliphatic carbocycles. The van der Waals surface area contributed by atoms with Crippen molar-refractivity contribution in [3.05, 3.63) is 90.9 Å². The Labute approximate surface area is 179 Å². The molecule has 7 heteroatoms. The SMILES string of the molecule is Cc1cnc(Nc2cccc(N)c2)nc1Oc1ccc2c(ccn2-c2ccccn2)c1. The molecule has 3 aromatic heterocycles. The van der Waals surface area contributed by atoms with Gasteiger partial charge in [0.1, 0.15) is 11.6 Å². The zero-order chi connectivity index (χ0) is 21.2. The fourth-order valence-corrected chi connectivity index (χ4v) is 3.33. The molecule has 5 rings (SSSR count). The van der Waals surface area contributed by atoms with Crippen molar-refractivity contribution in [1.82, 2.24) is 19.5 Å². The van der Waals surface area contributed by atoms with Gasteiger partial charge in [0.05, 0.1) is 5.52 Å². The lowest BCUT2D eigenvalue weighted by Gasteiger charge is -2.11. The van der Waals surface area contributed by atoms with E-state index in [-0.39, 0.29) is 0 Å². The highest BCUT2D eigenvalue weighted by Crippen LogP contribution is 2.29. The van der Waals surface area contributed by atoms with Crippen LogP contribution in [0.5, 0.6) is 11.6 Å². The van der Waals surface area contributed by atoms with Crippen molar-refractivity contribution in [3.63, 3.8) is 0 Å². The van der Waals surface area contributed by atoms with Crippen molar-refractivity contribution in [1.29, 1.82) is 0 Å². The second-order valence-corrected chi connectivity index (χ2v) is 7.13. The summed E-state index contributed by atoms with van der Waals surface area (Å²) in [6, 6.07) is 21.2. The molecule has 0 fully saturated rings. The summed E-state index contributed by atoms with van der Waals surface area (Å²) in [6.45, 7) is 1.91. The van der Waals surface area contributed by atoms with Gasteiger partial charge in [0, 0.05) is 40.9 Å². The summed E-state index contributed by atoms with van der Waals surface area (Å²) in [7, 11) is 0. The molecular weight excluding hydrogens is 388 g/mol. The predicted molar refractivity (Wildman–Crippen MR) is 122 cm³/mol. The summed E-state index contributed by atoms with van der Waals surface area (Å²) in [6.07, 6.45) is 5.51. The highest BCUT2D eigenvalue weighted by molar-refractivity contribution is 5.83. The molecule has 0 amide bonds. The average molecular weight is 408 g/mol. The number of pyridine rings is 1. The number of hydrogen-bond donors (Lipinski definition) is 2. The minimum atomic E-state index is 0.439. The Morgan fingerprint density at radius 3 is 2.74 bits per heavy atom. The molecule has 7 nitrogen and oxygen atoms in total. The maximum Gasteiger partial charge on any atom is 0.230 e. The predicted octanol–water partition coefficient (Wildman–Crippen LogP) is 5.24. The number of nitrogen functional groups attached to an aromatic ring is 1. The zero-order valence-electron chi connectivity index (χ0n) is 16.9. The molecule has 2 aromatic carbocycles. The van der Waals surface area contributed by atoms with Gasteiger partial charge in [-0.2, -0.15) is 4.98 Å². The van der Waals surface area contributed by atoms with E-state index >= 15 is 0 Å². The number of nitrogens with zero attached hydrogens (tertiary/aromatic N) is 4. The smallest absolute Gasteiger partial charge is 0.230 e. The van der Waals surface area contributed by atoms with E-state index in [0.29, 0.717) is 23.3 Å². The van der Waals surface area contributed by atoms with Crippen molar-refractivity contribution < 1.29 is 4.74 Å². The summed E-state index contributed by atoms with van der Waals surface area (Å²) in [5, 5.41) is 4.21. The van der Waals surface area contributed by atoms with E-state index in [1.54, 1.807) is 12.4 Å². The molecular formula is C24H20N6O. The Kier molecular flexibility index (Phi) is 4.68. The fourth-order valence-electron chi connectivity index (χ4n) is 3.33. The lowest BCUT2D eigenvalue weighted by atomic mass is 10.2. The third-order valence-corrected chi connectivity index (χ3v) is 4.84. The Bertz CT molecular complexity index is 1360. The van der Waals surface area contributed by atoms with Crippen LogP contribution in [0.1, 0.15) is 5.56 Å². The zero-order valence-corrected chi connectivity index (χ0v) is 16.9. The lowest BCUT2D eigenvalue weighted by molar-refractivity contribution is 0.459. The van der Waals surface area contributed by atoms with Gasteiger partial charge < -0.3 is 20.4 Å². The van der Waals surface area contributed by atoms with Crippen molar-refractivity contribution in [2.45, 2.75) is 6.92 Å². The monoisotopic (exact) mass is 408 g/mol. The van der Waals surface area contributed by atoms with Gasteiger partial charge in [-0.05, 0) is 61.5 Å². The molecule has 0 bridgehead atoms. The number of nitrogens with two attached hydrogens (primary N) is 1. The van der Waals surface area contributed by atoms with E-state index in [4.69, 9.17) is 10.5 Å². The number of anilines is 3. The fraction of sp³-hybridized carbons (Fsp3) is 0.0417. The molecule has 0 saturated heterocycles. The van der Waals surface area contributed by atoms with Gasteiger partial charge in [-0.3, -0.25) is 0 Å². The van der Waals surface area contributed by atoms with Crippen LogP contribution in [-0.4, -0.2) is 19.5 Å². The Morgan fingerprint density at radius 2 is 1.90 bits per heavy atom. The minimum Gasteiger partial charge on any atom is -0.439 e. The van der Waals surface area contributed by atoms with Crippen LogP contribution in [-0.2, 0) is 0 Å². The van der Waals surface area contributed by atoms with Crippen LogP contribution in [0.4, 0.5) is 17.3 Å². The standard InChI is InChI=1S/C24H20N6O/c1-16-15-27-24(28-19-6-4-5-18(25)14-19)29-23(16)31-20-8-9-21-17(13-20)10-12-30(21)22-7-2-3-11-26-22/h2-15H,25H2,1H3,(H,27,28,29). The van der Waals surface area contributed by atoms with Gasteiger partial charge in [-0.1, -0.05) is 12.1 Å². The maximum atomic E-state index is 6.09. The Morgan fingerprint density at radius 1 is 0.968 bits per heavy atom. The van der Waals surface area contributed by atoms with Gasteiger partial charge in [-0.25, -0.2) is 9.97 Å². The van der Waals surface area contributed by atoms with E-state index in [2.05, 4.69) is 20.3 Å². The number of fused-ring (bicyclic) bond motifs is 1. The summed E-state index contributed by atoms with van der Waals surface area (Å²) in [4.78, 5) is 13.3. The normalized spacial score (nSPS) is 10.9. The van der Waals surface area contributed by atoms with E-state index < -0.39 is 0 Å². The molecule has 5 aromatic rings. The molecule has 0 atom stereocenters. The minimum absolute atomic E-state index is 0.439. The van der Waals surface area contributed by atoms with Gasteiger partial charge in [0.15, 0.2) is 0 Å². The first-order valence-electron chi connectivity index (χ1n) is 9.82. The molecule has 0 aliphatic rings. The van der Waals surface area contributed by atoms with Gasteiger partial charge in [0.25, 0.3) is 0 Å². The number of nitrogens with one attached hydrogen (secondary N) is 1. The average Bonchev–Trinajstić information content (AvgIpc) is 3.20. The highest BCUT2D eigenvalue weighted by atomic mass is 16.5. The highest BCUT2D eigenvalue weighted by Gasteiger charge is 2.10. The van der Waals surface area contributed by atoms with Crippen LogP contribution in [0.15, 0.2) is 85.3 Å². The van der Waals surface area contributed by atoms with Gasteiger partial charge >= 0.3 is 0 Å². The number of ether oxygens (including phenoxy) is 1. The van der Waals surface area contributed by atoms with Crippen molar-refractivity contribution in [2.75, 3.05) is 11.1 Å². The van der Waals surface area contributed by atoms with Crippen molar-refractivity contribution >= 4 is 28.2 Å². The quantitative estimate of drug-likeness (QED) is 0.386. The summed E-state index contributed by atoms with van der Waals surface area (Å²) < 4.78 is 8.14. The molecule has 152 valence electrons. The van der Waals surface area contributed by atoms with Crippen LogP contribution in [0, 0.1) is 6.92 Å². The third kappa shape index (κ3) is 3.89. The summed E-state index contributed by atoms with van der Waals surface area (Å²) in [5.41, 5.74) is 9.21. The second kappa shape index (κ2) is 7.79. The lowest BCUT2D eigenvalue weighted by Crippen LogP contribution is -2.01. The Hall–Kier alpha value is -4.39. The number of hydrogen-bond acceptors (Lipinski definition) is 6. The molecule has 0 saturated carbocycles. The number of benzene rings is 2. The third-order valence-electron chi connectivity index (χ3n) is 4.84. The molecule has 31 heavy (non-hydrogen) atoms. The van der Waals surface area contributed by atoms with Crippen LogP contribution >= 0.6 is 0 Å². The van der Waals surface area contributed by atoms with Gasteiger partial charge in [-0.15, -0.1) is 0 Å². The van der Waals surface area contributed by atoms with Crippen LogP contribution < -0.4 is 15.8 Å². The molecule has 3 heterocycles. The van der Waals surface area contributed by atoms with Gasteiger partial charge in [0.2, 0.25) is 11.8 Å². The van der Waals surface area contributed by atoms with Crippen LogP contribution in [0.25, 0.3) is 16.7 Å². The van der Waals surface area contributed by atoms with E-state index in [1.165, 1.54) is 0 Å². The van der Waals surface area contributed by atoms with E-state index in [0.717, 1.165) is 28.0 Å². The summed E-state index contributed by atoms with van der Waals surface area (Å²) >= 11 is 0. The number of aryl methyl sites for hydroxylation is 1. The molecule has 0 aliphatic heterocycles. The molecule has 0 radical (unpaired) electrons. The molecule has 0 unspecified atom stereocenters. The maximum absolute atomic E-state index is 6.09. The first-order chi connectivity index (χ1) is 15.2. The Balaban J connectivity index is 1.41. The first-order valence-corrected chi connectivity index (χ1v) is 9.82. The first kappa shape index (κ1) is 18.6.